The lowest BCUT2D eigenvalue weighted by Gasteiger charge is -2.23. The Labute approximate surface area is 137 Å². The number of imide groups is 1. The van der Waals surface area contributed by atoms with E-state index in [0.29, 0.717) is 18.5 Å². The zero-order chi connectivity index (χ0) is 16.3. The monoisotopic (exact) mass is 367 g/mol. The topological polar surface area (TPSA) is 78.5 Å². The number of amides is 4. The van der Waals surface area contributed by atoms with Crippen molar-refractivity contribution >= 4 is 39.5 Å². The fraction of sp³-hybridized carbons (Fsp3) is 0.400. The molecule has 0 saturated carbocycles. The van der Waals surface area contributed by atoms with Gasteiger partial charge < -0.3 is 10.6 Å². The van der Waals surface area contributed by atoms with Crippen LogP contribution < -0.4 is 10.6 Å². The van der Waals surface area contributed by atoms with E-state index in [1.807, 2.05) is 19.9 Å². The molecule has 1 aromatic rings. The summed E-state index contributed by atoms with van der Waals surface area (Å²) in [6.07, 6.45) is 0.996. The Bertz CT molecular complexity index is 614. The first kappa shape index (κ1) is 16.5. The molecule has 2 N–H and O–H groups in total. The molecule has 0 radical (unpaired) electrons. The number of urea groups is 1. The second-order valence-electron chi connectivity index (χ2n) is 5.17. The minimum Gasteiger partial charge on any atom is -0.324 e. The Morgan fingerprint density at radius 3 is 2.55 bits per heavy atom. The second-order valence-corrected chi connectivity index (χ2v) is 6.08. The van der Waals surface area contributed by atoms with E-state index in [1.165, 1.54) is 0 Å². The predicted molar refractivity (Wildman–Crippen MR) is 86.3 cm³/mol. The molecule has 7 heteroatoms. The van der Waals surface area contributed by atoms with Gasteiger partial charge in [0, 0.05) is 10.2 Å². The van der Waals surface area contributed by atoms with Crippen LogP contribution in [0.2, 0.25) is 0 Å². The number of carbonyl (C=O) groups is 3. The van der Waals surface area contributed by atoms with Gasteiger partial charge in [-0.2, -0.15) is 0 Å². The molecule has 1 fully saturated rings. The Hall–Kier alpha value is -1.89. The number of halogens is 1. The third-order valence-electron chi connectivity index (χ3n) is 3.86. The maximum Gasteiger partial charge on any atom is 0.325 e. The molecule has 0 bridgehead atoms. The van der Waals surface area contributed by atoms with E-state index < -0.39 is 17.5 Å². The van der Waals surface area contributed by atoms with Crippen molar-refractivity contribution in [1.82, 2.24) is 10.2 Å². The van der Waals surface area contributed by atoms with E-state index >= 15 is 0 Å². The molecule has 0 atom stereocenters. The Morgan fingerprint density at radius 2 is 2.00 bits per heavy atom. The van der Waals surface area contributed by atoms with Crippen molar-refractivity contribution in [3.05, 3.63) is 28.7 Å². The van der Waals surface area contributed by atoms with Gasteiger partial charge in [-0.25, -0.2) is 4.79 Å². The van der Waals surface area contributed by atoms with Gasteiger partial charge in [-0.15, -0.1) is 0 Å². The molecule has 6 nitrogen and oxygen atoms in total. The van der Waals surface area contributed by atoms with Crippen LogP contribution in [-0.2, 0) is 9.59 Å². The summed E-state index contributed by atoms with van der Waals surface area (Å²) < 4.78 is 0.830. The van der Waals surface area contributed by atoms with Crippen LogP contribution in [0.15, 0.2) is 28.7 Å². The molecule has 1 heterocycles. The van der Waals surface area contributed by atoms with E-state index in [0.717, 1.165) is 9.37 Å². The lowest BCUT2D eigenvalue weighted by Crippen LogP contribution is -2.46. The van der Waals surface area contributed by atoms with Crippen LogP contribution in [0.3, 0.4) is 0 Å². The summed E-state index contributed by atoms with van der Waals surface area (Å²) in [7, 11) is 0. The Balaban J connectivity index is 2.06. The van der Waals surface area contributed by atoms with E-state index in [1.54, 1.807) is 18.2 Å². The Kier molecular flexibility index (Phi) is 4.85. The van der Waals surface area contributed by atoms with Gasteiger partial charge in [-0.3, -0.25) is 14.5 Å². The molecule has 1 aliphatic heterocycles. The first-order valence-electron chi connectivity index (χ1n) is 7.11. The molecule has 0 unspecified atom stereocenters. The predicted octanol–water partition coefficient (Wildman–Crippen LogP) is 2.50. The van der Waals surface area contributed by atoms with Crippen LogP contribution in [0.1, 0.15) is 26.7 Å². The maximum absolute atomic E-state index is 12.4. The zero-order valence-corrected chi connectivity index (χ0v) is 14.1. The summed E-state index contributed by atoms with van der Waals surface area (Å²) >= 11 is 3.31. The molecule has 0 aromatic heterocycles. The van der Waals surface area contributed by atoms with Crippen molar-refractivity contribution in [2.24, 2.45) is 0 Å². The molecule has 1 aliphatic rings. The second kappa shape index (κ2) is 6.48. The fourth-order valence-corrected chi connectivity index (χ4v) is 2.86. The lowest BCUT2D eigenvalue weighted by atomic mass is 9.93. The summed E-state index contributed by atoms with van der Waals surface area (Å²) in [5.74, 6) is -0.753. The smallest absolute Gasteiger partial charge is 0.324 e. The summed E-state index contributed by atoms with van der Waals surface area (Å²) in [5.41, 5.74) is -0.281. The maximum atomic E-state index is 12.4. The fourth-order valence-electron chi connectivity index (χ4n) is 2.46. The molecular weight excluding hydrogens is 350 g/mol. The number of carbonyl (C=O) groups excluding carboxylic acids is 3. The van der Waals surface area contributed by atoms with E-state index in [2.05, 4.69) is 26.6 Å². The van der Waals surface area contributed by atoms with Crippen molar-refractivity contribution in [2.45, 2.75) is 32.2 Å². The number of hydrogen-bond acceptors (Lipinski definition) is 3. The molecule has 4 amide bonds. The SMILES string of the molecule is CCC1(CC)NC(=O)N(CC(=O)Nc2cccc(Br)c2)C1=O. The van der Waals surface area contributed by atoms with Crippen LogP contribution in [0.25, 0.3) is 0 Å². The summed E-state index contributed by atoms with van der Waals surface area (Å²) in [4.78, 5) is 37.4. The third-order valence-corrected chi connectivity index (χ3v) is 4.36. The highest BCUT2D eigenvalue weighted by Gasteiger charge is 2.49. The molecule has 2 rings (SSSR count). The molecule has 118 valence electrons. The van der Waals surface area contributed by atoms with Crippen molar-refractivity contribution in [3.8, 4) is 0 Å². The van der Waals surface area contributed by atoms with Gasteiger partial charge in [0.15, 0.2) is 0 Å². The molecule has 0 aliphatic carbocycles. The molecule has 1 aromatic carbocycles. The number of anilines is 1. The minimum absolute atomic E-state index is 0.293. The quantitative estimate of drug-likeness (QED) is 0.784. The molecular formula is C15H18BrN3O3. The van der Waals surface area contributed by atoms with E-state index in [9.17, 15) is 14.4 Å². The summed E-state index contributed by atoms with van der Waals surface area (Å²) in [5, 5.41) is 5.37. The number of rotatable bonds is 5. The highest BCUT2D eigenvalue weighted by atomic mass is 79.9. The zero-order valence-electron chi connectivity index (χ0n) is 12.5. The number of nitrogens with one attached hydrogen (secondary N) is 2. The standard InChI is InChI=1S/C15H18BrN3O3/c1-3-15(4-2)13(21)19(14(22)18-15)9-12(20)17-11-7-5-6-10(16)8-11/h5-8H,3-4,9H2,1-2H3,(H,17,20)(H,18,22). The van der Waals surface area contributed by atoms with Gasteiger partial charge in [0.25, 0.3) is 5.91 Å². The van der Waals surface area contributed by atoms with Crippen molar-refractivity contribution in [1.29, 1.82) is 0 Å². The average molecular weight is 368 g/mol. The first-order chi connectivity index (χ1) is 10.4. The van der Waals surface area contributed by atoms with Crippen molar-refractivity contribution in [2.75, 3.05) is 11.9 Å². The number of hydrogen-bond donors (Lipinski definition) is 2. The van der Waals surface area contributed by atoms with Gasteiger partial charge in [-0.05, 0) is 31.0 Å². The highest BCUT2D eigenvalue weighted by molar-refractivity contribution is 9.10. The van der Waals surface area contributed by atoms with Crippen molar-refractivity contribution < 1.29 is 14.4 Å². The summed E-state index contributed by atoms with van der Waals surface area (Å²) in [6.45, 7) is 3.39. The van der Waals surface area contributed by atoms with Gasteiger partial charge in [0.2, 0.25) is 5.91 Å². The first-order valence-corrected chi connectivity index (χ1v) is 7.90. The van der Waals surface area contributed by atoms with Gasteiger partial charge in [0.05, 0.1) is 0 Å². The Morgan fingerprint density at radius 1 is 1.32 bits per heavy atom. The third kappa shape index (κ3) is 3.14. The molecule has 22 heavy (non-hydrogen) atoms. The molecule has 1 saturated heterocycles. The molecule has 0 spiro atoms. The van der Waals surface area contributed by atoms with E-state index in [-0.39, 0.29) is 12.5 Å². The largest absolute Gasteiger partial charge is 0.325 e. The van der Waals surface area contributed by atoms with Gasteiger partial charge >= 0.3 is 6.03 Å². The van der Waals surface area contributed by atoms with Gasteiger partial charge in [0.1, 0.15) is 12.1 Å². The average Bonchev–Trinajstić information content (AvgIpc) is 2.72. The minimum atomic E-state index is -0.882. The van der Waals surface area contributed by atoms with E-state index in [4.69, 9.17) is 0 Å². The highest BCUT2D eigenvalue weighted by Crippen LogP contribution is 2.24. The lowest BCUT2D eigenvalue weighted by molar-refractivity contribution is -0.134. The van der Waals surface area contributed by atoms with Crippen molar-refractivity contribution in [3.63, 3.8) is 0 Å². The van der Waals surface area contributed by atoms with Crippen LogP contribution in [-0.4, -0.2) is 34.8 Å². The number of benzene rings is 1. The number of nitrogens with zero attached hydrogens (tertiary/aromatic N) is 1. The van der Waals surface area contributed by atoms with Gasteiger partial charge in [-0.1, -0.05) is 35.8 Å². The van der Waals surface area contributed by atoms with Crippen LogP contribution in [0.4, 0.5) is 10.5 Å². The summed E-state index contributed by atoms with van der Waals surface area (Å²) in [6, 6.07) is 6.58. The van der Waals surface area contributed by atoms with Crippen LogP contribution in [0, 0.1) is 0 Å². The van der Waals surface area contributed by atoms with Crippen LogP contribution >= 0.6 is 15.9 Å². The normalized spacial score (nSPS) is 16.6. The van der Waals surface area contributed by atoms with Crippen LogP contribution in [0.5, 0.6) is 0 Å².